The molecule has 5 nitrogen and oxygen atoms in total. The zero-order valence-electron chi connectivity index (χ0n) is 11.1. The van der Waals surface area contributed by atoms with Crippen molar-refractivity contribution in [2.24, 2.45) is 0 Å². The largest absolute Gasteiger partial charge is 0.358 e. The molecule has 1 saturated carbocycles. The van der Waals surface area contributed by atoms with Gasteiger partial charge in [0, 0.05) is 30.3 Å². The number of rotatable bonds is 5. The first kappa shape index (κ1) is 14.1. The van der Waals surface area contributed by atoms with Gasteiger partial charge in [-0.05, 0) is 41.8 Å². The molecule has 0 aliphatic heterocycles. The minimum absolute atomic E-state index is 0.0938. The number of carbonyl (C=O) groups is 2. The second-order valence-corrected chi connectivity index (χ2v) is 5.59. The fraction of sp³-hybridized carbons (Fsp3) is 0.538. The van der Waals surface area contributed by atoms with Gasteiger partial charge in [-0.25, -0.2) is 0 Å². The van der Waals surface area contributed by atoms with Crippen LogP contribution in [-0.2, 0) is 4.79 Å². The van der Waals surface area contributed by atoms with Crippen LogP contribution in [0.25, 0.3) is 0 Å². The van der Waals surface area contributed by atoms with E-state index >= 15 is 0 Å². The fourth-order valence-corrected chi connectivity index (χ4v) is 2.45. The maximum absolute atomic E-state index is 12.5. The van der Waals surface area contributed by atoms with Crippen molar-refractivity contribution < 1.29 is 9.59 Å². The van der Waals surface area contributed by atoms with Gasteiger partial charge in [-0.1, -0.05) is 0 Å². The predicted octanol–water partition coefficient (Wildman–Crippen LogP) is 1.79. The van der Waals surface area contributed by atoms with Crippen molar-refractivity contribution in [1.29, 1.82) is 0 Å². The third-order valence-corrected chi connectivity index (χ3v) is 3.69. The zero-order valence-corrected chi connectivity index (χ0v) is 12.7. The molecule has 0 unspecified atom stereocenters. The van der Waals surface area contributed by atoms with Crippen LogP contribution in [0.4, 0.5) is 0 Å². The van der Waals surface area contributed by atoms with Gasteiger partial charge >= 0.3 is 0 Å². The average molecular weight is 328 g/mol. The summed E-state index contributed by atoms with van der Waals surface area (Å²) in [5.74, 6) is -0.248. The van der Waals surface area contributed by atoms with E-state index in [0.717, 1.165) is 17.3 Å². The summed E-state index contributed by atoms with van der Waals surface area (Å²) in [4.78, 5) is 25.5. The van der Waals surface area contributed by atoms with Gasteiger partial charge in [0.05, 0.1) is 6.54 Å². The topological polar surface area (TPSA) is 54.3 Å². The second kappa shape index (κ2) is 5.77. The highest BCUT2D eigenvalue weighted by molar-refractivity contribution is 9.10. The number of aromatic nitrogens is 1. The average Bonchev–Trinajstić information content (AvgIpc) is 3.17. The van der Waals surface area contributed by atoms with Crippen LogP contribution in [-0.4, -0.2) is 41.4 Å². The smallest absolute Gasteiger partial charge is 0.270 e. The summed E-state index contributed by atoms with van der Waals surface area (Å²) in [6.45, 7) is 2.49. The summed E-state index contributed by atoms with van der Waals surface area (Å²) >= 11 is 3.41. The summed E-state index contributed by atoms with van der Waals surface area (Å²) in [5, 5.41) is 2.54. The Labute approximate surface area is 121 Å². The van der Waals surface area contributed by atoms with Gasteiger partial charge in [-0.3, -0.25) is 9.59 Å². The number of nitrogens with zero attached hydrogens (tertiary/aromatic N) is 2. The lowest BCUT2D eigenvalue weighted by molar-refractivity contribution is -0.121. The minimum atomic E-state index is -0.154. The molecular formula is C13H18BrN3O2. The molecule has 1 fully saturated rings. The number of likely N-dealkylation sites (N-methyl/N-ethyl adjacent to an activating group) is 2. The molecular weight excluding hydrogens is 310 g/mol. The monoisotopic (exact) mass is 327 g/mol. The van der Waals surface area contributed by atoms with Crippen LogP contribution in [0.1, 0.15) is 36.3 Å². The number of amides is 2. The molecule has 0 saturated heterocycles. The third-order valence-electron chi connectivity index (χ3n) is 3.26. The first-order valence-electron chi connectivity index (χ1n) is 6.44. The lowest BCUT2D eigenvalue weighted by atomic mass is 10.3. The van der Waals surface area contributed by atoms with Crippen LogP contribution in [0, 0.1) is 0 Å². The number of nitrogens with one attached hydrogen (secondary N) is 1. The Morgan fingerprint density at radius 1 is 1.53 bits per heavy atom. The first-order valence-corrected chi connectivity index (χ1v) is 7.23. The van der Waals surface area contributed by atoms with Crippen LogP contribution >= 0.6 is 15.9 Å². The van der Waals surface area contributed by atoms with E-state index in [0.29, 0.717) is 18.3 Å². The van der Waals surface area contributed by atoms with Crippen molar-refractivity contribution >= 4 is 27.7 Å². The van der Waals surface area contributed by atoms with Gasteiger partial charge in [0.15, 0.2) is 0 Å². The van der Waals surface area contributed by atoms with Crippen LogP contribution in [0.5, 0.6) is 0 Å². The molecule has 0 radical (unpaired) electrons. The lowest BCUT2D eigenvalue weighted by Gasteiger charge is -2.20. The number of hydrogen-bond donors (Lipinski definition) is 1. The molecule has 1 aromatic rings. The van der Waals surface area contributed by atoms with Crippen LogP contribution in [0.2, 0.25) is 0 Å². The van der Waals surface area contributed by atoms with E-state index < -0.39 is 0 Å². The molecule has 2 rings (SSSR count). The molecule has 0 bridgehead atoms. The predicted molar refractivity (Wildman–Crippen MR) is 76.0 cm³/mol. The number of hydrogen-bond acceptors (Lipinski definition) is 2. The Morgan fingerprint density at radius 3 is 2.74 bits per heavy atom. The summed E-state index contributed by atoms with van der Waals surface area (Å²) < 4.78 is 2.91. The maximum Gasteiger partial charge on any atom is 0.270 e. The van der Waals surface area contributed by atoms with Crippen LogP contribution in [0.3, 0.4) is 0 Å². The van der Waals surface area contributed by atoms with Crippen LogP contribution < -0.4 is 5.32 Å². The number of carbonyl (C=O) groups excluding carboxylic acids is 2. The summed E-state index contributed by atoms with van der Waals surface area (Å²) in [6.07, 6.45) is 4.17. The minimum Gasteiger partial charge on any atom is -0.358 e. The molecule has 1 heterocycles. The standard InChI is InChI=1S/C13H18BrN3O2/c1-3-16(8-12(18)15-2)13(19)11-6-9(14)7-17(11)10-4-5-10/h6-7,10H,3-5,8H2,1-2H3,(H,15,18). The van der Waals surface area contributed by atoms with Crippen molar-refractivity contribution in [2.45, 2.75) is 25.8 Å². The van der Waals surface area contributed by atoms with Gasteiger partial charge in [0.1, 0.15) is 5.69 Å². The Hall–Kier alpha value is -1.30. The van der Waals surface area contributed by atoms with E-state index in [-0.39, 0.29) is 18.4 Å². The quantitative estimate of drug-likeness (QED) is 0.896. The first-order chi connectivity index (χ1) is 9.06. The van der Waals surface area contributed by atoms with Crippen molar-refractivity contribution in [3.05, 3.63) is 22.4 Å². The molecule has 104 valence electrons. The second-order valence-electron chi connectivity index (χ2n) is 4.67. The molecule has 1 N–H and O–H groups in total. The molecule has 2 amide bonds. The van der Waals surface area contributed by atoms with Gasteiger partial charge in [0.25, 0.3) is 5.91 Å². The molecule has 1 aliphatic rings. The highest BCUT2D eigenvalue weighted by atomic mass is 79.9. The molecule has 0 atom stereocenters. The summed E-state index contributed by atoms with van der Waals surface area (Å²) in [6, 6.07) is 2.26. The van der Waals surface area contributed by atoms with E-state index in [1.165, 1.54) is 0 Å². The SMILES string of the molecule is CCN(CC(=O)NC)C(=O)c1cc(Br)cn1C1CC1. The van der Waals surface area contributed by atoms with Gasteiger partial charge in [0.2, 0.25) is 5.91 Å². The molecule has 19 heavy (non-hydrogen) atoms. The summed E-state index contributed by atoms with van der Waals surface area (Å²) in [7, 11) is 1.57. The maximum atomic E-state index is 12.5. The fourth-order valence-electron chi connectivity index (χ4n) is 2.01. The van der Waals surface area contributed by atoms with Crippen molar-refractivity contribution in [1.82, 2.24) is 14.8 Å². The Bertz CT molecular complexity index is 494. The van der Waals surface area contributed by atoms with Crippen molar-refractivity contribution in [3.8, 4) is 0 Å². The van der Waals surface area contributed by atoms with Crippen LogP contribution in [0.15, 0.2) is 16.7 Å². The molecule has 1 aliphatic carbocycles. The Morgan fingerprint density at radius 2 is 2.21 bits per heavy atom. The summed E-state index contributed by atoms with van der Waals surface area (Å²) in [5.41, 5.74) is 0.653. The Kier molecular flexibility index (Phi) is 4.29. The lowest BCUT2D eigenvalue weighted by Crippen LogP contribution is -2.40. The highest BCUT2D eigenvalue weighted by Crippen LogP contribution is 2.37. The molecule has 6 heteroatoms. The van der Waals surface area contributed by atoms with E-state index in [4.69, 9.17) is 0 Å². The van der Waals surface area contributed by atoms with E-state index in [1.807, 2.05) is 23.8 Å². The third kappa shape index (κ3) is 3.18. The van der Waals surface area contributed by atoms with Crippen molar-refractivity contribution in [2.75, 3.05) is 20.1 Å². The molecule has 0 aromatic carbocycles. The zero-order chi connectivity index (χ0) is 14.0. The normalized spacial score (nSPS) is 14.3. The van der Waals surface area contributed by atoms with Gasteiger partial charge in [-0.2, -0.15) is 0 Å². The van der Waals surface area contributed by atoms with Gasteiger partial charge in [-0.15, -0.1) is 0 Å². The highest BCUT2D eigenvalue weighted by Gasteiger charge is 2.29. The van der Waals surface area contributed by atoms with E-state index in [9.17, 15) is 9.59 Å². The molecule has 0 spiro atoms. The Balaban J connectivity index is 2.19. The van der Waals surface area contributed by atoms with E-state index in [2.05, 4.69) is 21.2 Å². The number of halogens is 1. The molecule has 1 aromatic heterocycles. The van der Waals surface area contributed by atoms with Crippen molar-refractivity contribution in [3.63, 3.8) is 0 Å². The van der Waals surface area contributed by atoms with E-state index in [1.54, 1.807) is 11.9 Å². The van der Waals surface area contributed by atoms with Gasteiger partial charge < -0.3 is 14.8 Å².